The Morgan fingerprint density at radius 1 is 1.47 bits per heavy atom. The monoisotopic (exact) mass is 262 g/mol. The number of carbonyl (C=O) groups excluding carboxylic acids is 1. The van der Waals surface area contributed by atoms with Crippen molar-refractivity contribution >= 4 is 17.6 Å². The lowest BCUT2D eigenvalue weighted by atomic mass is 10.0. The Morgan fingerprint density at radius 3 is 2.95 bits per heavy atom. The topological polar surface area (TPSA) is 78.4 Å². The maximum absolute atomic E-state index is 12.1. The van der Waals surface area contributed by atoms with Gasteiger partial charge in [-0.25, -0.2) is 0 Å². The number of benzene rings is 1. The number of carboxylic acid groups (broad SMARTS) is 1. The minimum atomic E-state index is -0.831. The van der Waals surface area contributed by atoms with E-state index in [4.69, 9.17) is 5.11 Å². The Morgan fingerprint density at radius 2 is 2.21 bits per heavy atom. The second-order valence-corrected chi connectivity index (χ2v) is 4.84. The molecule has 19 heavy (non-hydrogen) atoms. The molecule has 0 spiro atoms. The van der Waals surface area contributed by atoms with Crippen LogP contribution < -0.4 is 10.6 Å². The molecule has 1 heterocycles. The van der Waals surface area contributed by atoms with Gasteiger partial charge in [0.05, 0.1) is 11.8 Å². The van der Waals surface area contributed by atoms with E-state index < -0.39 is 11.9 Å². The highest BCUT2D eigenvalue weighted by Gasteiger charge is 2.27. The van der Waals surface area contributed by atoms with Gasteiger partial charge in [-0.3, -0.25) is 9.59 Å². The van der Waals surface area contributed by atoms with Crippen LogP contribution in [0, 0.1) is 5.92 Å². The van der Waals surface area contributed by atoms with Gasteiger partial charge in [-0.05, 0) is 18.1 Å². The number of para-hydroxylation sites is 1. The van der Waals surface area contributed by atoms with E-state index in [0.717, 1.165) is 11.3 Å². The van der Waals surface area contributed by atoms with Crippen molar-refractivity contribution in [2.45, 2.75) is 19.3 Å². The summed E-state index contributed by atoms with van der Waals surface area (Å²) in [5, 5.41) is 14.8. The van der Waals surface area contributed by atoms with Gasteiger partial charge in [-0.1, -0.05) is 25.1 Å². The quantitative estimate of drug-likeness (QED) is 0.750. The molecule has 0 bridgehead atoms. The molecule has 0 fully saturated rings. The number of carbonyl (C=O) groups is 2. The van der Waals surface area contributed by atoms with Crippen molar-refractivity contribution in [1.29, 1.82) is 0 Å². The van der Waals surface area contributed by atoms with Crippen molar-refractivity contribution in [3.63, 3.8) is 0 Å². The number of amides is 1. The molecule has 0 aliphatic carbocycles. The lowest BCUT2D eigenvalue weighted by Gasteiger charge is -2.12. The predicted molar refractivity (Wildman–Crippen MR) is 72.1 cm³/mol. The second-order valence-electron chi connectivity index (χ2n) is 4.84. The van der Waals surface area contributed by atoms with E-state index in [1.807, 2.05) is 24.3 Å². The number of hydrogen-bond donors (Lipinski definition) is 3. The zero-order valence-electron chi connectivity index (χ0n) is 10.8. The zero-order valence-corrected chi connectivity index (χ0v) is 10.8. The third-order valence-electron chi connectivity index (χ3n) is 3.45. The standard InChI is InChI=1S/C14H18N2O3/c1-9(14(18)19)6-7-15-13(17)11-8-16-12-5-3-2-4-10(11)12/h2-5,9,11,16H,6-8H2,1H3,(H,15,17)(H,18,19). The molecule has 2 unspecified atom stereocenters. The summed E-state index contributed by atoms with van der Waals surface area (Å²) in [5.41, 5.74) is 2.01. The largest absolute Gasteiger partial charge is 0.481 e. The fourth-order valence-corrected chi connectivity index (χ4v) is 2.18. The minimum Gasteiger partial charge on any atom is -0.481 e. The predicted octanol–water partition coefficient (Wildman–Crippen LogP) is 1.42. The second kappa shape index (κ2) is 5.73. The van der Waals surface area contributed by atoms with Crippen LogP contribution in [0.1, 0.15) is 24.8 Å². The zero-order chi connectivity index (χ0) is 13.8. The van der Waals surface area contributed by atoms with Crippen LogP contribution in [0.5, 0.6) is 0 Å². The first-order chi connectivity index (χ1) is 9.09. The maximum atomic E-state index is 12.1. The van der Waals surface area contributed by atoms with Crippen molar-refractivity contribution in [1.82, 2.24) is 5.32 Å². The van der Waals surface area contributed by atoms with Gasteiger partial charge in [-0.15, -0.1) is 0 Å². The Labute approximate surface area is 112 Å². The van der Waals surface area contributed by atoms with Gasteiger partial charge in [0.15, 0.2) is 0 Å². The number of rotatable bonds is 5. The van der Waals surface area contributed by atoms with Crippen molar-refractivity contribution in [2.24, 2.45) is 5.92 Å². The summed E-state index contributed by atoms with van der Waals surface area (Å²) < 4.78 is 0. The fourth-order valence-electron chi connectivity index (χ4n) is 2.18. The van der Waals surface area contributed by atoms with E-state index in [-0.39, 0.29) is 11.8 Å². The molecule has 1 aliphatic rings. The average molecular weight is 262 g/mol. The molecule has 0 radical (unpaired) electrons. The summed E-state index contributed by atoms with van der Waals surface area (Å²) in [7, 11) is 0. The van der Waals surface area contributed by atoms with Crippen LogP contribution in [-0.2, 0) is 9.59 Å². The molecule has 3 N–H and O–H groups in total. The highest BCUT2D eigenvalue weighted by molar-refractivity contribution is 5.88. The molecule has 2 atom stereocenters. The summed E-state index contributed by atoms with van der Waals surface area (Å²) in [6.07, 6.45) is 0.447. The SMILES string of the molecule is CC(CCNC(=O)C1CNc2ccccc21)C(=O)O. The Kier molecular flexibility index (Phi) is 4.04. The van der Waals surface area contributed by atoms with Crippen LogP contribution in [-0.4, -0.2) is 30.1 Å². The van der Waals surface area contributed by atoms with E-state index in [1.165, 1.54) is 0 Å². The van der Waals surface area contributed by atoms with Crippen molar-refractivity contribution in [3.8, 4) is 0 Å². The van der Waals surface area contributed by atoms with Gasteiger partial charge in [0, 0.05) is 18.8 Å². The van der Waals surface area contributed by atoms with Crippen molar-refractivity contribution in [3.05, 3.63) is 29.8 Å². The number of aliphatic carboxylic acids is 1. The number of carboxylic acids is 1. The molecule has 1 aliphatic heterocycles. The molecule has 0 saturated heterocycles. The van der Waals surface area contributed by atoms with Gasteiger partial charge < -0.3 is 15.7 Å². The smallest absolute Gasteiger partial charge is 0.306 e. The molecular weight excluding hydrogens is 244 g/mol. The van der Waals surface area contributed by atoms with E-state index >= 15 is 0 Å². The Balaban J connectivity index is 1.87. The third-order valence-corrected chi connectivity index (χ3v) is 3.45. The lowest BCUT2D eigenvalue weighted by molar-refractivity contribution is -0.141. The van der Waals surface area contributed by atoms with Crippen LogP contribution in [0.2, 0.25) is 0 Å². The maximum Gasteiger partial charge on any atom is 0.306 e. The summed E-state index contributed by atoms with van der Waals surface area (Å²) in [6.45, 7) is 2.63. The van der Waals surface area contributed by atoms with E-state index in [1.54, 1.807) is 6.92 Å². The summed E-state index contributed by atoms with van der Waals surface area (Å²) in [5.74, 6) is -1.50. The van der Waals surface area contributed by atoms with Crippen molar-refractivity contribution in [2.75, 3.05) is 18.4 Å². The average Bonchev–Trinajstić information content (AvgIpc) is 2.82. The van der Waals surface area contributed by atoms with Crippen LogP contribution in [0.25, 0.3) is 0 Å². The van der Waals surface area contributed by atoms with E-state index in [2.05, 4.69) is 10.6 Å². The minimum absolute atomic E-state index is 0.0463. The van der Waals surface area contributed by atoms with Crippen molar-refractivity contribution < 1.29 is 14.7 Å². The molecule has 102 valence electrons. The van der Waals surface area contributed by atoms with Crippen LogP contribution >= 0.6 is 0 Å². The first-order valence-corrected chi connectivity index (χ1v) is 6.43. The molecule has 1 aromatic carbocycles. The summed E-state index contributed by atoms with van der Waals surface area (Å²) in [6, 6.07) is 7.74. The van der Waals surface area contributed by atoms with Gasteiger partial charge in [0.25, 0.3) is 0 Å². The number of fused-ring (bicyclic) bond motifs is 1. The fraction of sp³-hybridized carbons (Fsp3) is 0.429. The molecule has 5 heteroatoms. The Bertz CT molecular complexity index is 487. The molecule has 5 nitrogen and oxygen atoms in total. The summed E-state index contributed by atoms with van der Waals surface area (Å²) in [4.78, 5) is 22.7. The Hall–Kier alpha value is -2.04. The molecule has 1 aromatic rings. The van der Waals surface area contributed by atoms with E-state index in [0.29, 0.717) is 19.5 Å². The lowest BCUT2D eigenvalue weighted by Crippen LogP contribution is -2.32. The normalized spacial score (nSPS) is 18.3. The van der Waals surface area contributed by atoms with Crippen LogP contribution in [0.4, 0.5) is 5.69 Å². The highest BCUT2D eigenvalue weighted by atomic mass is 16.4. The highest BCUT2D eigenvalue weighted by Crippen LogP contribution is 2.30. The third kappa shape index (κ3) is 3.05. The van der Waals surface area contributed by atoms with Crippen LogP contribution in [0.3, 0.4) is 0 Å². The summed E-state index contributed by atoms with van der Waals surface area (Å²) >= 11 is 0. The van der Waals surface area contributed by atoms with Gasteiger partial charge in [0.2, 0.25) is 5.91 Å². The number of nitrogens with one attached hydrogen (secondary N) is 2. The number of anilines is 1. The molecular formula is C14H18N2O3. The van der Waals surface area contributed by atoms with Crippen LogP contribution in [0.15, 0.2) is 24.3 Å². The first-order valence-electron chi connectivity index (χ1n) is 6.43. The molecule has 1 amide bonds. The first kappa shape index (κ1) is 13.4. The molecule has 0 aromatic heterocycles. The molecule has 2 rings (SSSR count). The van der Waals surface area contributed by atoms with Gasteiger partial charge in [0.1, 0.15) is 0 Å². The number of hydrogen-bond acceptors (Lipinski definition) is 3. The van der Waals surface area contributed by atoms with E-state index in [9.17, 15) is 9.59 Å². The molecule has 0 saturated carbocycles. The van der Waals surface area contributed by atoms with Gasteiger partial charge in [-0.2, -0.15) is 0 Å². The van der Waals surface area contributed by atoms with Gasteiger partial charge >= 0.3 is 5.97 Å².